The molecule has 2 aliphatic rings. The van der Waals surface area contributed by atoms with E-state index in [4.69, 9.17) is 0 Å². The van der Waals surface area contributed by atoms with Crippen molar-refractivity contribution < 1.29 is 18.0 Å². The number of piperidine rings is 1. The number of aryl methyl sites for hydroxylation is 1. The molecule has 1 aliphatic carbocycles. The molecule has 1 N–H and O–H groups in total. The Morgan fingerprint density at radius 2 is 2.12 bits per heavy atom. The molecule has 0 spiro atoms. The van der Waals surface area contributed by atoms with E-state index >= 15 is 0 Å². The molecule has 7 heteroatoms. The SMILES string of the molecule is Cc1ccc(NC(=O)N2CC3CC3(C(F)(F)F)C2)cc1-c1ccccn1. The molecule has 2 unspecified atom stereocenters. The lowest BCUT2D eigenvalue weighted by Crippen LogP contribution is -2.38. The summed E-state index contributed by atoms with van der Waals surface area (Å²) in [6.45, 7) is 1.84. The summed E-state index contributed by atoms with van der Waals surface area (Å²) >= 11 is 0. The van der Waals surface area contributed by atoms with Crippen molar-refractivity contribution in [2.45, 2.75) is 19.5 Å². The van der Waals surface area contributed by atoms with E-state index in [0.717, 1.165) is 16.8 Å². The van der Waals surface area contributed by atoms with Crippen LogP contribution in [-0.4, -0.2) is 35.2 Å². The first kappa shape index (κ1) is 16.9. The van der Waals surface area contributed by atoms with Crippen molar-refractivity contribution in [2.24, 2.45) is 11.3 Å². The van der Waals surface area contributed by atoms with Crippen LogP contribution in [-0.2, 0) is 0 Å². The third-order valence-corrected chi connectivity index (χ3v) is 5.43. The minimum absolute atomic E-state index is 0.134. The Hall–Kier alpha value is -2.57. The fourth-order valence-corrected chi connectivity index (χ4v) is 3.78. The van der Waals surface area contributed by atoms with Crippen LogP contribution in [0.1, 0.15) is 12.0 Å². The molecule has 26 heavy (non-hydrogen) atoms. The molecule has 2 amide bonds. The maximum absolute atomic E-state index is 13.2. The Morgan fingerprint density at radius 1 is 1.31 bits per heavy atom. The molecule has 2 fully saturated rings. The summed E-state index contributed by atoms with van der Waals surface area (Å²) in [5.74, 6) is -0.463. The molecule has 0 bridgehead atoms. The number of fused-ring (bicyclic) bond motifs is 1. The monoisotopic (exact) mass is 361 g/mol. The molecule has 2 heterocycles. The number of nitrogens with zero attached hydrogens (tertiary/aromatic N) is 2. The average Bonchev–Trinajstić information content (AvgIpc) is 3.19. The van der Waals surface area contributed by atoms with Crippen LogP contribution in [0.4, 0.5) is 23.7 Å². The predicted octanol–water partition coefficient (Wildman–Crippen LogP) is 4.47. The van der Waals surface area contributed by atoms with Crippen LogP contribution < -0.4 is 5.32 Å². The molecule has 1 aromatic carbocycles. The first-order valence-electron chi connectivity index (χ1n) is 8.45. The van der Waals surface area contributed by atoms with E-state index < -0.39 is 23.5 Å². The number of anilines is 1. The molecule has 2 aromatic rings. The standard InChI is InChI=1S/C19H18F3N3O/c1-12-5-6-14(8-15(12)16-4-2-3-7-23-16)24-17(26)25-10-13-9-18(13,11-25)19(20,21)22/h2-8,13H,9-11H2,1H3,(H,24,26). The largest absolute Gasteiger partial charge is 0.396 e. The van der Waals surface area contributed by atoms with Gasteiger partial charge < -0.3 is 10.2 Å². The number of rotatable bonds is 2. The van der Waals surface area contributed by atoms with Gasteiger partial charge in [-0.25, -0.2) is 4.79 Å². The van der Waals surface area contributed by atoms with Crippen molar-refractivity contribution in [3.8, 4) is 11.3 Å². The van der Waals surface area contributed by atoms with Gasteiger partial charge >= 0.3 is 12.2 Å². The zero-order chi connectivity index (χ0) is 18.5. The highest BCUT2D eigenvalue weighted by Crippen LogP contribution is 2.66. The zero-order valence-corrected chi connectivity index (χ0v) is 14.2. The average molecular weight is 361 g/mol. The van der Waals surface area contributed by atoms with E-state index in [0.29, 0.717) is 5.69 Å². The molecule has 1 saturated carbocycles. The lowest BCUT2D eigenvalue weighted by atomic mass is 10.0. The number of pyridine rings is 1. The van der Waals surface area contributed by atoms with Gasteiger partial charge in [-0.2, -0.15) is 13.2 Å². The van der Waals surface area contributed by atoms with E-state index in [1.54, 1.807) is 18.3 Å². The van der Waals surface area contributed by atoms with Crippen molar-refractivity contribution in [1.29, 1.82) is 0 Å². The van der Waals surface area contributed by atoms with Gasteiger partial charge in [0.05, 0.1) is 11.1 Å². The first-order chi connectivity index (χ1) is 12.3. The minimum Gasteiger partial charge on any atom is -0.323 e. The van der Waals surface area contributed by atoms with Crippen LogP contribution in [0, 0.1) is 18.3 Å². The van der Waals surface area contributed by atoms with Gasteiger partial charge in [0, 0.05) is 30.5 Å². The van der Waals surface area contributed by atoms with Gasteiger partial charge in [-0.1, -0.05) is 12.1 Å². The minimum atomic E-state index is -4.25. The summed E-state index contributed by atoms with van der Waals surface area (Å²) in [7, 11) is 0. The summed E-state index contributed by atoms with van der Waals surface area (Å²) in [5.41, 5.74) is 1.51. The number of carbonyl (C=O) groups excluding carboxylic acids is 1. The summed E-state index contributed by atoms with van der Waals surface area (Å²) in [5, 5.41) is 2.72. The van der Waals surface area contributed by atoms with E-state index in [9.17, 15) is 18.0 Å². The Morgan fingerprint density at radius 3 is 2.77 bits per heavy atom. The quantitative estimate of drug-likeness (QED) is 0.858. The third kappa shape index (κ3) is 2.71. The number of urea groups is 1. The maximum Gasteiger partial charge on any atom is 0.396 e. The number of likely N-dealkylation sites (tertiary alicyclic amines) is 1. The summed E-state index contributed by atoms with van der Waals surface area (Å²) in [4.78, 5) is 18.0. The fraction of sp³-hybridized carbons (Fsp3) is 0.368. The predicted molar refractivity (Wildman–Crippen MR) is 91.6 cm³/mol. The molecular formula is C19H18F3N3O. The van der Waals surface area contributed by atoms with E-state index in [2.05, 4.69) is 10.3 Å². The second kappa shape index (κ2) is 5.72. The normalized spacial score (nSPS) is 24.3. The van der Waals surface area contributed by atoms with E-state index in [1.165, 1.54) is 4.90 Å². The van der Waals surface area contributed by atoms with Gasteiger partial charge in [0.2, 0.25) is 0 Å². The summed E-state index contributed by atoms with van der Waals surface area (Å²) < 4.78 is 39.5. The van der Waals surface area contributed by atoms with Crippen molar-refractivity contribution in [3.05, 3.63) is 48.2 Å². The molecule has 1 aliphatic heterocycles. The van der Waals surface area contributed by atoms with E-state index in [1.807, 2.05) is 31.2 Å². The Bertz CT molecular complexity index is 853. The molecule has 0 radical (unpaired) electrons. The third-order valence-electron chi connectivity index (χ3n) is 5.43. The highest BCUT2D eigenvalue weighted by Gasteiger charge is 2.74. The van der Waals surface area contributed by atoms with Gasteiger partial charge in [0.25, 0.3) is 0 Å². The number of benzene rings is 1. The second-order valence-corrected chi connectivity index (χ2v) is 7.11. The highest BCUT2D eigenvalue weighted by molar-refractivity contribution is 5.90. The number of amides is 2. The van der Waals surface area contributed by atoms with Crippen molar-refractivity contribution in [3.63, 3.8) is 0 Å². The van der Waals surface area contributed by atoms with Crippen LogP contribution in [0.15, 0.2) is 42.6 Å². The topological polar surface area (TPSA) is 45.2 Å². The van der Waals surface area contributed by atoms with Crippen LogP contribution in [0.25, 0.3) is 11.3 Å². The number of alkyl halides is 3. The molecule has 1 aromatic heterocycles. The first-order valence-corrected chi connectivity index (χ1v) is 8.45. The molecule has 4 nitrogen and oxygen atoms in total. The smallest absolute Gasteiger partial charge is 0.323 e. The van der Waals surface area contributed by atoms with Gasteiger partial charge in [-0.3, -0.25) is 4.98 Å². The van der Waals surface area contributed by atoms with E-state index in [-0.39, 0.29) is 19.5 Å². The fourth-order valence-electron chi connectivity index (χ4n) is 3.78. The lowest BCUT2D eigenvalue weighted by molar-refractivity contribution is -0.187. The number of aromatic nitrogens is 1. The number of carbonyl (C=O) groups is 1. The van der Waals surface area contributed by atoms with Crippen LogP contribution in [0.5, 0.6) is 0 Å². The maximum atomic E-state index is 13.2. The van der Waals surface area contributed by atoms with Crippen LogP contribution in [0.2, 0.25) is 0 Å². The summed E-state index contributed by atoms with van der Waals surface area (Å²) in [6.07, 6.45) is -2.43. The number of halogens is 3. The van der Waals surface area contributed by atoms with Crippen molar-refractivity contribution in [1.82, 2.24) is 9.88 Å². The van der Waals surface area contributed by atoms with Crippen molar-refractivity contribution >= 4 is 11.7 Å². The number of hydrogen-bond acceptors (Lipinski definition) is 2. The second-order valence-electron chi connectivity index (χ2n) is 7.11. The van der Waals surface area contributed by atoms with Crippen LogP contribution >= 0.6 is 0 Å². The Labute approximate surface area is 149 Å². The molecule has 136 valence electrons. The highest BCUT2D eigenvalue weighted by atomic mass is 19.4. The molecule has 4 rings (SSSR count). The Balaban J connectivity index is 1.50. The van der Waals surface area contributed by atoms with Gasteiger partial charge in [-0.15, -0.1) is 0 Å². The Kier molecular flexibility index (Phi) is 3.71. The number of nitrogens with one attached hydrogen (secondary N) is 1. The zero-order valence-electron chi connectivity index (χ0n) is 14.2. The van der Waals surface area contributed by atoms with Gasteiger partial charge in [0.1, 0.15) is 0 Å². The van der Waals surface area contributed by atoms with Gasteiger partial charge in [0.15, 0.2) is 0 Å². The summed E-state index contributed by atoms with van der Waals surface area (Å²) in [6, 6.07) is 10.5. The van der Waals surface area contributed by atoms with Gasteiger partial charge in [-0.05, 0) is 49.1 Å². The lowest BCUT2D eigenvalue weighted by Gasteiger charge is -2.23. The number of hydrogen-bond donors (Lipinski definition) is 1. The molecular weight excluding hydrogens is 343 g/mol. The molecule has 2 atom stereocenters. The van der Waals surface area contributed by atoms with Crippen molar-refractivity contribution in [2.75, 3.05) is 18.4 Å². The van der Waals surface area contributed by atoms with Crippen LogP contribution in [0.3, 0.4) is 0 Å². The molecule has 1 saturated heterocycles.